The number of alkyl halides is 3. The molecule has 2 unspecified atom stereocenters. The predicted molar refractivity (Wildman–Crippen MR) is 93.7 cm³/mol. The molecule has 2 atom stereocenters. The van der Waals surface area contributed by atoms with E-state index in [0.29, 0.717) is 18.5 Å². The summed E-state index contributed by atoms with van der Waals surface area (Å²) in [6.07, 6.45) is -3.12. The third-order valence-electron chi connectivity index (χ3n) is 5.14. The van der Waals surface area contributed by atoms with Crippen LogP contribution in [0, 0.1) is 25.7 Å². The van der Waals surface area contributed by atoms with Crippen molar-refractivity contribution in [3.8, 4) is 0 Å². The summed E-state index contributed by atoms with van der Waals surface area (Å²) in [5.41, 5.74) is 2.57. The first-order chi connectivity index (χ1) is 12.1. The number of anilines is 1. The maximum atomic E-state index is 13.2. The van der Waals surface area contributed by atoms with Crippen LogP contribution in [0.1, 0.15) is 36.8 Å². The smallest absolute Gasteiger partial charge is 0.336 e. The summed E-state index contributed by atoms with van der Waals surface area (Å²) in [7, 11) is 1.38. The maximum absolute atomic E-state index is 13.2. The first kappa shape index (κ1) is 20.3. The van der Waals surface area contributed by atoms with E-state index in [1.807, 2.05) is 26.0 Å². The minimum atomic E-state index is -4.39. The van der Waals surface area contributed by atoms with Crippen molar-refractivity contribution in [2.45, 2.75) is 45.7 Å². The van der Waals surface area contributed by atoms with Gasteiger partial charge in [0, 0.05) is 18.7 Å². The lowest BCUT2D eigenvalue weighted by atomic mass is 9.78. The molecule has 1 aromatic rings. The van der Waals surface area contributed by atoms with Gasteiger partial charge in [-0.15, -0.1) is 0 Å². The zero-order valence-corrected chi connectivity index (χ0v) is 15.3. The third kappa shape index (κ3) is 4.77. The number of aryl methyl sites for hydroxylation is 1. The van der Waals surface area contributed by atoms with Gasteiger partial charge in [0.05, 0.1) is 12.5 Å². The lowest BCUT2D eigenvalue weighted by molar-refractivity contribution is -0.200. The SMILES string of the molecule is Cc1cccc(NC(=O)CN(C)C(=O)C2CCCCC2C(F)(F)F)c1C. The van der Waals surface area contributed by atoms with Gasteiger partial charge < -0.3 is 10.2 Å². The molecule has 26 heavy (non-hydrogen) atoms. The lowest BCUT2D eigenvalue weighted by Crippen LogP contribution is -2.45. The van der Waals surface area contributed by atoms with Crippen molar-refractivity contribution in [2.75, 3.05) is 18.9 Å². The summed E-state index contributed by atoms with van der Waals surface area (Å²) in [5, 5.41) is 2.73. The molecule has 1 aromatic carbocycles. The molecule has 2 rings (SSSR count). The van der Waals surface area contributed by atoms with Gasteiger partial charge in [-0.05, 0) is 43.9 Å². The molecule has 0 aromatic heterocycles. The molecule has 7 heteroatoms. The Balaban J connectivity index is 2.01. The average molecular weight is 370 g/mol. The second-order valence-corrected chi connectivity index (χ2v) is 7.03. The molecule has 4 nitrogen and oxygen atoms in total. The largest absolute Gasteiger partial charge is 0.392 e. The number of amides is 2. The number of carbonyl (C=O) groups excluding carboxylic acids is 2. The van der Waals surface area contributed by atoms with E-state index in [9.17, 15) is 22.8 Å². The molecule has 144 valence electrons. The molecule has 1 fully saturated rings. The van der Waals surface area contributed by atoms with Crippen LogP contribution in [-0.4, -0.2) is 36.5 Å². The molecule has 1 aliphatic rings. The maximum Gasteiger partial charge on any atom is 0.392 e. The van der Waals surface area contributed by atoms with Crippen molar-refractivity contribution >= 4 is 17.5 Å². The Hall–Kier alpha value is -2.05. The molecule has 2 amide bonds. The lowest BCUT2D eigenvalue weighted by Gasteiger charge is -2.34. The fourth-order valence-electron chi connectivity index (χ4n) is 3.47. The van der Waals surface area contributed by atoms with Crippen LogP contribution in [0.15, 0.2) is 18.2 Å². The number of nitrogens with one attached hydrogen (secondary N) is 1. The number of hydrogen-bond donors (Lipinski definition) is 1. The predicted octanol–water partition coefficient (Wildman–Crippen LogP) is 4.07. The number of likely N-dealkylation sites (N-methyl/N-ethyl adjacent to an activating group) is 1. The second-order valence-electron chi connectivity index (χ2n) is 7.03. The van der Waals surface area contributed by atoms with Crippen LogP contribution >= 0.6 is 0 Å². The molecule has 0 saturated heterocycles. The highest BCUT2D eigenvalue weighted by Gasteiger charge is 2.48. The van der Waals surface area contributed by atoms with E-state index in [1.54, 1.807) is 6.07 Å². The van der Waals surface area contributed by atoms with E-state index in [-0.39, 0.29) is 19.4 Å². The highest BCUT2D eigenvalue weighted by atomic mass is 19.4. The van der Waals surface area contributed by atoms with Crippen LogP contribution < -0.4 is 5.32 Å². The monoisotopic (exact) mass is 370 g/mol. The summed E-state index contributed by atoms with van der Waals surface area (Å²) in [6.45, 7) is 3.52. The summed E-state index contributed by atoms with van der Waals surface area (Å²) >= 11 is 0. The molecular weight excluding hydrogens is 345 g/mol. The van der Waals surface area contributed by atoms with Gasteiger partial charge in [-0.25, -0.2) is 0 Å². The number of halogens is 3. The molecule has 0 radical (unpaired) electrons. The van der Waals surface area contributed by atoms with E-state index >= 15 is 0 Å². The van der Waals surface area contributed by atoms with Crippen molar-refractivity contribution in [2.24, 2.45) is 11.8 Å². The first-order valence-corrected chi connectivity index (χ1v) is 8.79. The van der Waals surface area contributed by atoms with Gasteiger partial charge in [-0.3, -0.25) is 9.59 Å². The van der Waals surface area contributed by atoms with Gasteiger partial charge in [-0.2, -0.15) is 13.2 Å². The summed E-state index contributed by atoms with van der Waals surface area (Å²) in [6, 6.07) is 5.48. The summed E-state index contributed by atoms with van der Waals surface area (Å²) < 4.78 is 39.6. The van der Waals surface area contributed by atoms with E-state index < -0.39 is 29.8 Å². The van der Waals surface area contributed by atoms with Crippen molar-refractivity contribution < 1.29 is 22.8 Å². The Kier molecular flexibility index (Phi) is 6.31. The number of carbonyl (C=O) groups is 2. The van der Waals surface area contributed by atoms with Crippen molar-refractivity contribution in [1.82, 2.24) is 4.90 Å². The zero-order valence-electron chi connectivity index (χ0n) is 15.3. The average Bonchev–Trinajstić information content (AvgIpc) is 2.57. The van der Waals surface area contributed by atoms with E-state index in [0.717, 1.165) is 16.0 Å². The number of rotatable bonds is 4. The molecule has 1 N–H and O–H groups in total. The van der Waals surface area contributed by atoms with Crippen LogP contribution in [-0.2, 0) is 9.59 Å². The fourth-order valence-corrected chi connectivity index (χ4v) is 3.47. The van der Waals surface area contributed by atoms with Gasteiger partial charge in [-0.1, -0.05) is 25.0 Å². The minimum Gasteiger partial charge on any atom is -0.336 e. The Morgan fingerprint density at radius 1 is 1.19 bits per heavy atom. The molecule has 1 aliphatic carbocycles. The van der Waals surface area contributed by atoms with E-state index in [4.69, 9.17) is 0 Å². The Bertz CT molecular complexity index is 673. The molecule has 0 bridgehead atoms. The Labute approximate surface area is 151 Å². The van der Waals surface area contributed by atoms with Crippen LogP contribution in [0.4, 0.5) is 18.9 Å². The van der Waals surface area contributed by atoms with Gasteiger partial charge >= 0.3 is 6.18 Å². The van der Waals surface area contributed by atoms with Crippen molar-refractivity contribution in [3.05, 3.63) is 29.3 Å². The van der Waals surface area contributed by atoms with E-state index in [2.05, 4.69) is 5.32 Å². The number of nitrogens with zero attached hydrogens (tertiary/aromatic N) is 1. The quantitative estimate of drug-likeness (QED) is 0.869. The summed E-state index contributed by atoms with van der Waals surface area (Å²) in [4.78, 5) is 25.8. The highest BCUT2D eigenvalue weighted by Crippen LogP contribution is 2.42. The fraction of sp³-hybridized carbons (Fsp3) is 0.579. The minimum absolute atomic E-state index is 0.0254. The number of hydrogen-bond acceptors (Lipinski definition) is 2. The molecule has 0 spiro atoms. The van der Waals surface area contributed by atoms with Crippen LogP contribution in [0.3, 0.4) is 0 Å². The van der Waals surface area contributed by atoms with Crippen LogP contribution in [0.5, 0.6) is 0 Å². The topological polar surface area (TPSA) is 49.4 Å². The molecule has 0 aliphatic heterocycles. The normalized spacial score (nSPS) is 20.5. The van der Waals surface area contributed by atoms with Gasteiger partial charge in [0.2, 0.25) is 11.8 Å². The Morgan fingerprint density at radius 3 is 2.50 bits per heavy atom. The third-order valence-corrected chi connectivity index (χ3v) is 5.14. The second kappa shape index (κ2) is 8.10. The van der Waals surface area contributed by atoms with Gasteiger partial charge in [0.1, 0.15) is 0 Å². The molecule has 1 saturated carbocycles. The van der Waals surface area contributed by atoms with E-state index in [1.165, 1.54) is 7.05 Å². The van der Waals surface area contributed by atoms with Gasteiger partial charge in [0.25, 0.3) is 0 Å². The molecule has 0 heterocycles. The first-order valence-electron chi connectivity index (χ1n) is 8.79. The summed E-state index contributed by atoms with van der Waals surface area (Å²) in [5.74, 6) is -3.74. The van der Waals surface area contributed by atoms with Crippen LogP contribution in [0.25, 0.3) is 0 Å². The van der Waals surface area contributed by atoms with Crippen LogP contribution in [0.2, 0.25) is 0 Å². The highest BCUT2D eigenvalue weighted by molar-refractivity contribution is 5.95. The standard InChI is InChI=1S/C19H25F3N2O2/c1-12-7-6-10-16(13(12)2)23-17(25)11-24(3)18(26)14-8-4-5-9-15(14)19(20,21)22/h6-7,10,14-15H,4-5,8-9,11H2,1-3H3,(H,23,25). The molecular formula is C19H25F3N2O2. The van der Waals surface area contributed by atoms with Crippen molar-refractivity contribution in [3.63, 3.8) is 0 Å². The van der Waals surface area contributed by atoms with Gasteiger partial charge in [0.15, 0.2) is 0 Å². The van der Waals surface area contributed by atoms with Crippen molar-refractivity contribution in [1.29, 1.82) is 0 Å². The zero-order chi connectivity index (χ0) is 19.5. The Morgan fingerprint density at radius 2 is 1.85 bits per heavy atom. The number of benzene rings is 1.